The third kappa shape index (κ3) is 4.86. The minimum Gasteiger partial charge on any atom is -0.492 e. The van der Waals surface area contributed by atoms with E-state index in [0.29, 0.717) is 26.2 Å². The zero-order valence-corrected chi connectivity index (χ0v) is 23.1. The van der Waals surface area contributed by atoms with Gasteiger partial charge in [0.05, 0.1) is 30.9 Å². The molecule has 6 aliphatic heterocycles. The first-order valence-electron chi connectivity index (χ1n) is 14.7. The maximum Gasteiger partial charge on any atom is 0.249 e. The Balaban J connectivity index is 1.13. The lowest BCUT2D eigenvalue weighted by molar-refractivity contribution is -0.176. The minimum atomic E-state index is -0.221. The summed E-state index contributed by atoms with van der Waals surface area (Å²) < 4.78 is 11.9. The Morgan fingerprint density at radius 2 is 2.00 bits per heavy atom. The summed E-state index contributed by atoms with van der Waals surface area (Å²) in [6.07, 6.45) is 6.92. The SMILES string of the molecule is CN1CCOc2ccc(NC3NCC4C(=O)N5C/C=C\CCCN6C(=O)COC7CCC(NC76)N5C4N3)cc2C1. The number of allylic oxidation sites excluding steroid dienone is 1. The van der Waals surface area contributed by atoms with Gasteiger partial charge in [0, 0.05) is 37.4 Å². The third-order valence-corrected chi connectivity index (χ3v) is 8.99. The van der Waals surface area contributed by atoms with Gasteiger partial charge in [-0.05, 0) is 50.9 Å². The molecule has 1 aromatic carbocycles. The van der Waals surface area contributed by atoms with Crippen LogP contribution in [0.4, 0.5) is 5.69 Å². The van der Waals surface area contributed by atoms with E-state index < -0.39 is 0 Å². The fraction of sp³-hybridized carbons (Fsp3) is 0.643. The number of fused-ring (bicyclic) bond motifs is 6. The molecule has 216 valence electrons. The van der Waals surface area contributed by atoms with Gasteiger partial charge in [0.1, 0.15) is 31.4 Å². The summed E-state index contributed by atoms with van der Waals surface area (Å²) in [5, 5.41) is 18.6. The van der Waals surface area contributed by atoms with E-state index in [1.54, 1.807) is 0 Å². The number of hydrogen-bond donors (Lipinski definition) is 4. The van der Waals surface area contributed by atoms with Gasteiger partial charge in [0.25, 0.3) is 0 Å². The average Bonchev–Trinajstić information content (AvgIpc) is 3.08. The molecule has 6 aliphatic rings. The molecule has 7 rings (SSSR count). The number of piperidine rings is 1. The highest BCUT2D eigenvalue weighted by Gasteiger charge is 2.53. The number of hydrazine groups is 1. The van der Waals surface area contributed by atoms with Crippen LogP contribution < -0.4 is 26.0 Å². The van der Waals surface area contributed by atoms with Gasteiger partial charge in [-0.3, -0.25) is 35.4 Å². The summed E-state index contributed by atoms with van der Waals surface area (Å²) in [5.41, 5.74) is 2.15. The molecular formula is C28H40N8O4. The van der Waals surface area contributed by atoms with Crippen molar-refractivity contribution in [1.82, 2.24) is 35.8 Å². The summed E-state index contributed by atoms with van der Waals surface area (Å²) in [6.45, 7) is 4.38. The van der Waals surface area contributed by atoms with Gasteiger partial charge in [0.15, 0.2) is 0 Å². The van der Waals surface area contributed by atoms with Crippen LogP contribution in [0.1, 0.15) is 31.2 Å². The molecule has 6 heterocycles. The highest BCUT2D eigenvalue weighted by atomic mass is 16.5. The summed E-state index contributed by atoms with van der Waals surface area (Å²) in [6, 6.07) is 6.23. The van der Waals surface area contributed by atoms with Crippen molar-refractivity contribution in [3.63, 3.8) is 0 Å². The second-order valence-electron chi connectivity index (χ2n) is 11.7. The topological polar surface area (TPSA) is 114 Å². The number of nitrogens with one attached hydrogen (secondary N) is 4. The Kier molecular flexibility index (Phi) is 7.14. The monoisotopic (exact) mass is 552 g/mol. The number of benzene rings is 1. The van der Waals surface area contributed by atoms with Crippen LogP contribution in [0.5, 0.6) is 5.75 Å². The molecule has 0 saturated carbocycles. The number of hydrogen-bond acceptors (Lipinski definition) is 10. The van der Waals surface area contributed by atoms with Crippen LogP contribution in [0, 0.1) is 5.92 Å². The molecular weight excluding hydrogens is 512 g/mol. The number of nitrogens with zero attached hydrogens (tertiary/aromatic N) is 4. The van der Waals surface area contributed by atoms with Gasteiger partial charge in [0.2, 0.25) is 11.8 Å². The number of ether oxygens (including phenoxy) is 2. The molecule has 12 nitrogen and oxygen atoms in total. The van der Waals surface area contributed by atoms with Crippen molar-refractivity contribution in [2.75, 3.05) is 51.8 Å². The second-order valence-corrected chi connectivity index (χ2v) is 11.7. The standard InChI is InChI=1S/C28H40N8O4/c1-33-12-13-39-21-7-6-19(14-18(21)16-33)30-28-29-15-20-25(32-28)36-23-9-8-22-26(31-23)34(24(37)17-40-22)10-4-2-3-5-11-35(36)27(20)38/h3,5-7,14,20,22-23,25-26,28-32H,2,4,8-13,15-17H2,1H3/b5-3-. The van der Waals surface area contributed by atoms with Crippen molar-refractivity contribution in [1.29, 1.82) is 0 Å². The fourth-order valence-corrected chi connectivity index (χ4v) is 6.95. The zero-order valence-electron chi connectivity index (χ0n) is 23.1. The Morgan fingerprint density at radius 3 is 2.92 bits per heavy atom. The second kappa shape index (κ2) is 10.9. The van der Waals surface area contributed by atoms with E-state index in [-0.39, 0.29) is 55.2 Å². The van der Waals surface area contributed by atoms with Gasteiger partial charge < -0.3 is 19.7 Å². The highest BCUT2D eigenvalue weighted by Crippen LogP contribution is 2.34. The van der Waals surface area contributed by atoms with Crippen LogP contribution in [-0.2, 0) is 20.9 Å². The maximum absolute atomic E-state index is 13.7. The molecule has 6 unspecified atom stereocenters. The first kappa shape index (κ1) is 26.2. The van der Waals surface area contributed by atoms with Crippen LogP contribution in [-0.4, -0.2) is 109 Å². The van der Waals surface area contributed by atoms with Crippen molar-refractivity contribution >= 4 is 17.5 Å². The van der Waals surface area contributed by atoms with Crippen molar-refractivity contribution < 1.29 is 19.1 Å². The van der Waals surface area contributed by atoms with Crippen LogP contribution in [0.2, 0.25) is 0 Å². The largest absolute Gasteiger partial charge is 0.492 e. The summed E-state index contributed by atoms with van der Waals surface area (Å²) in [4.78, 5) is 30.7. The molecule has 2 bridgehead atoms. The Hall–Kier alpha value is -2.74. The van der Waals surface area contributed by atoms with E-state index in [1.165, 1.54) is 0 Å². The molecule has 4 N–H and O–H groups in total. The fourth-order valence-electron chi connectivity index (χ4n) is 6.95. The lowest BCUT2D eigenvalue weighted by atomic mass is 9.99. The summed E-state index contributed by atoms with van der Waals surface area (Å²) in [5.74, 6) is 0.867. The smallest absolute Gasteiger partial charge is 0.249 e. The van der Waals surface area contributed by atoms with Crippen LogP contribution in [0.3, 0.4) is 0 Å². The Labute approximate surface area is 234 Å². The molecule has 0 spiro atoms. The molecule has 6 atom stereocenters. The zero-order chi connectivity index (χ0) is 27.2. The van der Waals surface area contributed by atoms with Crippen molar-refractivity contribution in [2.45, 2.75) is 63.1 Å². The van der Waals surface area contributed by atoms with Crippen LogP contribution in [0.15, 0.2) is 30.4 Å². The molecule has 4 saturated heterocycles. The lowest BCUT2D eigenvalue weighted by Crippen LogP contribution is -2.72. The van der Waals surface area contributed by atoms with Crippen LogP contribution >= 0.6 is 0 Å². The Morgan fingerprint density at radius 1 is 1.07 bits per heavy atom. The first-order valence-corrected chi connectivity index (χ1v) is 14.7. The summed E-state index contributed by atoms with van der Waals surface area (Å²) in [7, 11) is 2.11. The van der Waals surface area contributed by atoms with Gasteiger partial charge >= 0.3 is 0 Å². The summed E-state index contributed by atoms with van der Waals surface area (Å²) >= 11 is 0. The average molecular weight is 553 g/mol. The molecule has 2 amide bonds. The van der Waals surface area contributed by atoms with Gasteiger partial charge in [-0.15, -0.1) is 0 Å². The number of amides is 2. The van der Waals surface area contributed by atoms with Gasteiger partial charge in [-0.2, -0.15) is 5.01 Å². The highest BCUT2D eigenvalue weighted by molar-refractivity contribution is 5.82. The van der Waals surface area contributed by atoms with Crippen molar-refractivity contribution in [3.8, 4) is 5.75 Å². The van der Waals surface area contributed by atoms with Gasteiger partial charge in [-0.25, -0.2) is 0 Å². The Bertz CT molecular complexity index is 1170. The van der Waals surface area contributed by atoms with E-state index in [1.807, 2.05) is 22.0 Å². The van der Waals surface area contributed by atoms with Gasteiger partial charge in [-0.1, -0.05) is 12.2 Å². The molecule has 1 aromatic rings. The molecule has 0 aliphatic carbocycles. The number of rotatable bonds is 2. The van der Waals surface area contributed by atoms with E-state index in [4.69, 9.17) is 9.47 Å². The van der Waals surface area contributed by atoms with Crippen molar-refractivity contribution in [2.24, 2.45) is 5.92 Å². The molecule has 12 heteroatoms. The maximum atomic E-state index is 13.7. The number of carbonyl (C=O) groups is 2. The van der Waals surface area contributed by atoms with Crippen LogP contribution in [0.25, 0.3) is 0 Å². The van der Waals surface area contributed by atoms with E-state index in [9.17, 15) is 9.59 Å². The number of morpholine rings is 1. The molecule has 40 heavy (non-hydrogen) atoms. The number of carbonyl (C=O) groups excluding carboxylic acids is 2. The molecule has 4 fully saturated rings. The van der Waals surface area contributed by atoms with E-state index >= 15 is 0 Å². The first-order chi connectivity index (χ1) is 19.5. The van der Waals surface area contributed by atoms with Crippen molar-refractivity contribution in [3.05, 3.63) is 35.9 Å². The molecule has 0 aromatic heterocycles. The minimum absolute atomic E-state index is 0.0263. The predicted octanol–water partition coefficient (Wildman–Crippen LogP) is 0.0136. The predicted molar refractivity (Wildman–Crippen MR) is 147 cm³/mol. The third-order valence-electron chi connectivity index (χ3n) is 8.99. The quantitative estimate of drug-likeness (QED) is 0.375. The van der Waals surface area contributed by atoms with E-state index in [0.717, 1.165) is 55.8 Å². The number of anilines is 1. The van der Waals surface area contributed by atoms with E-state index in [2.05, 4.69) is 56.4 Å². The number of likely N-dealkylation sites (N-methyl/N-ethyl adjacent to an activating group) is 1. The normalized spacial score (nSPS) is 35.8. The lowest BCUT2D eigenvalue weighted by Gasteiger charge is -2.50. The molecule has 0 radical (unpaired) electrons.